The fraction of sp³-hybridized carbons (Fsp3) is 0.538. The summed E-state index contributed by atoms with van der Waals surface area (Å²) in [5.74, 6) is -0.197. The van der Waals surface area contributed by atoms with E-state index >= 15 is 0 Å². The summed E-state index contributed by atoms with van der Waals surface area (Å²) in [6, 6.07) is 0. The number of aryl methyl sites for hydroxylation is 1. The maximum Gasteiger partial charge on any atom is 0.313 e. The molecule has 0 atom stereocenters. The summed E-state index contributed by atoms with van der Waals surface area (Å²) >= 11 is 1.21. The molecule has 0 aliphatic heterocycles. The van der Waals surface area contributed by atoms with Crippen molar-refractivity contribution in [1.29, 1.82) is 0 Å². The van der Waals surface area contributed by atoms with Gasteiger partial charge < -0.3 is 9.67 Å². The van der Waals surface area contributed by atoms with E-state index in [0.29, 0.717) is 17.5 Å². The van der Waals surface area contributed by atoms with E-state index in [1.165, 1.54) is 11.8 Å². The number of rotatable bonds is 5. The van der Waals surface area contributed by atoms with E-state index in [2.05, 4.69) is 35.8 Å². The Kier molecular flexibility index (Phi) is 4.36. The molecular formula is C13H19N5O2S. The van der Waals surface area contributed by atoms with Crippen LogP contribution in [0.15, 0.2) is 17.7 Å². The van der Waals surface area contributed by atoms with E-state index in [4.69, 9.17) is 5.11 Å². The van der Waals surface area contributed by atoms with Gasteiger partial charge in [0, 0.05) is 24.4 Å². The number of carboxylic acids is 1. The molecule has 7 nitrogen and oxygen atoms in total. The molecule has 0 saturated heterocycles. The predicted molar refractivity (Wildman–Crippen MR) is 79.4 cm³/mol. The molecule has 0 amide bonds. The minimum atomic E-state index is -0.859. The molecule has 0 saturated carbocycles. The van der Waals surface area contributed by atoms with Gasteiger partial charge in [-0.05, 0) is 0 Å². The molecule has 0 aliphatic carbocycles. The van der Waals surface area contributed by atoms with Crippen LogP contribution in [0.4, 0.5) is 0 Å². The maximum atomic E-state index is 10.8. The standard InChI is InChI=1S/C13H19N5O2S/c1-13(2,3)9-5-14-12(21-7-11(19)20)18(9)6-10-15-8-17(4)16-10/h5,8H,6-7H2,1-4H3,(H,19,20). The molecule has 0 aliphatic rings. The van der Waals surface area contributed by atoms with Gasteiger partial charge in [0.05, 0.1) is 12.3 Å². The summed E-state index contributed by atoms with van der Waals surface area (Å²) in [6.45, 7) is 6.77. The zero-order valence-corrected chi connectivity index (χ0v) is 13.4. The fourth-order valence-corrected chi connectivity index (χ4v) is 2.65. The summed E-state index contributed by atoms with van der Waals surface area (Å²) in [5.41, 5.74) is 0.937. The highest BCUT2D eigenvalue weighted by Gasteiger charge is 2.23. The lowest BCUT2D eigenvalue weighted by Gasteiger charge is -2.21. The Morgan fingerprint density at radius 3 is 2.62 bits per heavy atom. The van der Waals surface area contributed by atoms with Gasteiger partial charge in [-0.1, -0.05) is 32.5 Å². The first-order valence-corrected chi connectivity index (χ1v) is 7.51. The van der Waals surface area contributed by atoms with Crippen LogP contribution in [0, 0.1) is 0 Å². The number of carbonyl (C=O) groups is 1. The predicted octanol–water partition coefficient (Wildman–Crippen LogP) is 1.53. The van der Waals surface area contributed by atoms with Crippen molar-refractivity contribution in [3.63, 3.8) is 0 Å². The fourth-order valence-electron chi connectivity index (χ4n) is 1.95. The van der Waals surface area contributed by atoms with E-state index < -0.39 is 5.97 Å². The van der Waals surface area contributed by atoms with Crippen LogP contribution in [0.3, 0.4) is 0 Å². The van der Waals surface area contributed by atoms with Crippen molar-refractivity contribution >= 4 is 17.7 Å². The Morgan fingerprint density at radius 1 is 1.38 bits per heavy atom. The Hall–Kier alpha value is -1.83. The summed E-state index contributed by atoms with van der Waals surface area (Å²) in [6.07, 6.45) is 3.44. The van der Waals surface area contributed by atoms with Gasteiger partial charge in [0.25, 0.3) is 0 Å². The Bertz CT molecular complexity index is 641. The topological polar surface area (TPSA) is 85.8 Å². The maximum absolute atomic E-state index is 10.8. The number of aliphatic carboxylic acids is 1. The molecular weight excluding hydrogens is 290 g/mol. The van der Waals surface area contributed by atoms with Crippen molar-refractivity contribution < 1.29 is 9.90 Å². The first kappa shape index (κ1) is 15.6. The lowest BCUT2D eigenvalue weighted by atomic mass is 9.92. The van der Waals surface area contributed by atoms with Gasteiger partial charge in [-0.2, -0.15) is 5.10 Å². The van der Waals surface area contributed by atoms with Crippen LogP contribution in [0.25, 0.3) is 0 Å². The van der Waals surface area contributed by atoms with Gasteiger partial charge in [-0.3, -0.25) is 9.48 Å². The summed E-state index contributed by atoms with van der Waals surface area (Å²) < 4.78 is 3.63. The van der Waals surface area contributed by atoms with Gasteiger partial charge >= 0.3 is 5.97 Å². The van der Waals surface area contributed by atoms with Crippen LogP contribution in [-0.2, 0) is 23.8 Å². The van der Waals surface area contributed by atoms with E-state index in [-0.39, 0.29) is 11.2 Å². The second-order valence-corrected chi connectivity index (χ2v) is 6.72. The van der Waals surface area contributed by atoms with E-state index in [0.717, 1.165) is 5.69 Å². The molecule has 2 aromatic rings. The van der Waals surface area contributed by atoms with Crippen LogP contribution in [-0.4, -0.2) is 41.1 Å². The molecule has 21 heavy (non-hydrogen) atoms. The number of hydrogen-bond acceptors (Lipinski definition) is 5. The lowest BCUT2D eigenvalue weighted by Crippen LogP contribution is -2.19. The van der Waals surface area contributed by atoms with Crippen LogP contribution < -0.4 is 0 Å². The molecule has 0 fully saturated rings. The SMILES string of the molecule is Cn1cnc(Cn2c(C(C)(C)C)cnc2SCC(=O)O)n1. The molecule has 0 radical (unpaired) electrons. The molecule has 2 aromatic heterocycles. The highest BCUT2D eigenvalue weighted by molar-refractivity contribution is 7.99. The monoisotopic (exact) mass is 309 g/mol. The highest BCUT2D eigenvalue weighted by Crippen LogP contribution is 2.27. The molecule has 0 spiro atoms. The number of imidazole rings is 1. The molecule has 2 heterocycles. The summed E-state index contributed by atoms with van der Waals surface area (Å²) in [7, 11) is 1.81. The molecule has 2 rings (SSSR count). The minimum Gasteiger partial charge on any atom is -0.481 e. The normalized spacial score (nSPS) is 11.8. The van der Waals surface area contributed by atoms with Gasteiger partial charge in [-0.25, -0.2) is 9.97 Å². The third kappa shape index (κ3) is 3.84. The molecule has 114 valence electrons. The third-order valence-corrected chi connectivity index (χ3v) is 3.83. The first-order chi connectivity index (χ1) is 9.77. The zero-order chi connectivity index (χ0) is 15.6. The van der Waals surface area contributed by atoms with Crippen LogP contribution >= 0.6 is 11.8 Å². The lowest BCUT2D eigenvalue weighted by molar-refractivity contribution is -0.133. The minimum absolute atomic E-state index is 0.0176. The number of nitrogens with zero attached hydrogens (tertiary/aromatic N) is 5. The molecule has 0 aromatic carbocycles. The first-order valence-electron chi connectivity index (χ1n) is 6.52. The quantitative estimate of drug-likeness (QED) is 0.843. The molecule has 1 N–H and O–H groups in total. The van der Waals surface area contributed by atoms with Gasteiger partial charge in [0.15, 0.2) is 11.0 Å². The molecule has 8 heteroatoms. The van der Waals surface area contributed by atoms with Crippen LogP contribution in [0.2, 0.25) is 0 Å². The Labute approximate surface area is 127 Å². The van der Waals surface area contributed by atoms with Crippen LogP contribution in [0.1, 0.15) is 32.3 Å². The van der Waals surface area contributed by atoms with Crippen molar-refractivity contribution in [2.75, 3.05) is 5.75 Å². The number of hydrogen-bond donors (Lipinski definition) is 1. The Balaban J connectivity index is 2.33. The average Bonchev–Trinajstić information content (AvgIpc) is 2.93. The summed E-state index contributed by atoms with van der Waals surface area (Å²) in [5, 5.41) is 13.8. The van der Waals surface area contributed by atoms with Crippen molar-refractivity contribution in [3.05, 3.63) is 24.0 Å². The Morgan fingerprint density at radius 2 is 2.10 bits per heavy atom. The second kappa shape index (κ2) is 5.88. The van der Waals surface area contributed by atoms with Crippen molar-refractivity contribution in [1.82, 2.24) is 24.3 Å². The van der Waals surface area contributed by atoms with Gasteiger partial charge in [0.1, 0.15) is 6.33 Å². The zero-order valence-electron chi connectivity index (χ0n) is 12.6. The van der Waals surface area contributed by atoms with Crippen molar-refractivity contribution in [2.24, 2.45) is 7.05 Å². The second-order valence-electron chi connectivity index (χ2n) is 5.78. The third-order valence-electron chi connectivity index (χ3n) is 2.86. The van der Waals surface area contributed by atoms with E-state index in [9.17, 15) is 4.79 Å². The molecule has 0 unspecified atom stereocenters. The van der Waals surface area contributed by atoms with Gasteiger partial charge in [0.2, 0.25) is 0 Å². The van der Waals surface area contributed by atoms with Crippen LogP contribution in [0.5, 0.6) is 0 Å². The summed E-state index contributed by atoms with van der Waals surface area (Å²) in [4.78, 5) is 19.3. The molecule has 0 bridgehead atoms. The van der Waals surface area contributed by atoms with Crippen molar-refractivity contribution in [2.45, 2.75) is 37.9 Å². The average molecular weight is 309 g/mol. The largest absolute Gasteiger partial charge is 0.481 e. The van der Waals surface area contributed by atoms with E-state index in [1.54, 1.807) is 17.2 Å². The number of carboxylic acid groups (broad SMARTS) is 1. The van der Waals surface area contributed by atoms with E-state index in [1.807, 2.05) is 11.6 Å². The number of aromatic nitrogens is 5. The van der Waals surface area contributed by atoms with Gasteiger partial charge in [-0.15, -0.1) is 0 Å². The smallest absolute Gasteiger partial charge is 0.313 e. The highest BCUT2D eigenvalue weighted by atomic mass is 32.2. The number of thioether (sulfide) groups is 1. The van der Waals surface area contributed by atoms with Crippen molar-refractivity contribution in [3.8, 4) is 0 Å².